The molecule has 0 aliphatic rings. The molecule has 0 saturated heterocycles. The van der Waals surface area contributed by atoms with E-state index in [0.29, 0.717) is 10.6 Å². The molecule has 0 aliphatic carbocycles. The summed E-state index contributed by atoms with van der Waals surface area (Å²) in [5, 5.41) is 1.28. The zero-order chi connectivity index (χ0) is 14.8. The minimum absolute atomic E-state index is 0.353. The van der Waals surface area contributed by atoms with Crippen molar-refractivity contribution in [2.75, 3.05) is 0 Å². The number of hydrazine groups is 1. The van der Waals surface area contributed by atoms with Crippen LogP contribution in [-0.4, -0.2) is 4.98 Å². The quantitative estimate of drug-likeness (QED) is 0.574. The highest BCUT2D eigenvalue weighted by Crippen LogP contribution is 2.29. The number of aromatic nitrogens is 1. The molecule has 1 aromatic heterocycles. The largest absolute Gasteiger partial charge is 0.271 e. The summed E-state index contributed by atoms with van der Waals surface area (Å²) in [6.45, 7) is 0. The Labute approximate surface area is 126 Å². The van der Waals surface area contributed by atoms with Crippen molar-refractivity contribution in [2.24, 2.45) is 5.84 Å². The van der Waals surface area contributed by atoms with E-state index in [4.69, 9.17) is 17.4 Å². The monoisotopic (exact) mass is 301 g/mol. The van der Waals surface area contributed by atoms with E-state index < -0.39 is 11.9 Å². The van der Waals surface area contributed by atoms with Gasteiger partial charge in [0, 0.05) is 22.2 Å². The van der Waals surface area contributed by atoms with E-state index in [0.717, 1.165) is 16.5 Å². The van der Waals surface area contributed by atoms with Crippen LogP contribution in [0.5, 0.6) is 0 Å². The van der Waals surface area contributed by atoms with Crippen molar-refractivity contribution < 1.29 is 4.39 Å². The molecule has 1 unspecified atom stereocenters. The predicted molar refractivity (Wildman–Crippen MR) is 82.3 cm³/mol. The average Bonchev–Trinajstić information content (AvgIpc) is 2.50. The zero-order valence-corrected chi connectivity index (χ0v) is 11.8. The number of fused-ring (bicyclic) bond motifs is 1. The van der Waals surface area contributed by atoms with Crippen molar-refractivity contribution >= 4 is 22.5 Å². The van der Waals surface area contributed by atoms with Crippen LogP contribution >= 0.6 is 11.6 Å². The first-order valence-corrected chi connectivity index (χ1v) is 6.83. The smallest absolute Gasteiger partial charge is 0.129 e. The first kappa shape index (κ1) is 13.9. The van der Waals surface area contributed by atoms with Gasteiger partial charge < -0.3 is 0 Å². The lowest BCUT2D eigenvalue weighted by atomic mass is 9.96. The van der Waals surface area contributed by atoms with E-state index in [2.05, 4.69) is 10.4 Å². The molecule has 0 spiro atoms. The molecule has 0 bridgehead atoms. The topological polar surface area (TPSA) is 50.9 Å². The third-order valence-electron chi connectivity index (χ3n) is 3.43. The normalized spacial score (nSPS) is 12.5. The summed E-state index contributed by atoms with van der Waals surface area (Å²) in [5.74, 6) is 5.27. The number of pyridine rings is 1. The maximum atomic E-state index is 14.2. The molecule has 3 rings (SSSR count). The van der Waals surface area contributed by atoms with Crippen LogP contribution in [0.2, 0.25) is 5.02 Å². The Morgan fingerprint density at radius 3 is 2.67 bits per heavy atom. The Kier molecular flexibility index (Phi) is 3.84. The molecule has 1 heterocycles. The fraction of sp³-hybridized carbons (Fsp3) is 0.0625. The minimum Gasteiger partial charge on any atom is -0.271 e. The van der Waals surface area contributed by atoms with Crippen molar-refractivity contribution in [1.29, 1.82) is 0 Å². The minimum atomic E-state index is -0.477. The van der Waals surface area contributed by atoms with Crippen LogP contribution in [0, 0.1) is 5.82 Å². The van der Waals surface area contributed by atoms with Crippen molar-refractivity contribution in [3.05, 3.63) is 76.7 Å². The van der Waals surface area contributed by atoms with Crippen LogP contribution in [0.3, 0.4) is 0 Å². The number of halogens is 2. The maximum absolute atomic E-state index is 14.2. The number of rotatable bonds is 3. The molecule has 0 saturated carbocycles. The van der Waals surface area contributed by atoms with Crippen LogP contribution < -0.4 is 11.3 Å². The van der Waals surface area contributed by atoms with Gasteiger partial charge in [-0.05, 0) is 29.8 Å². The number of benzene rings is 2. The molecule has 0 amide bonds. The van der Waals surface area contributed by atoms with E-state index in [9.17, 15) is 4.39 Å². The first-order chi connectivity index (χ1) is 10.2. The molecule has 5 heteroatoms. The van der Waals surface area contributed by atoms with Gasteiger partial charge in [-0.25, -0.2) is 9.82 Å². The van der Waals surface area contributed by atoms with E-state index in [-0.39, 0.29) is 0 Å². The number of para-hydroxylation sites is 1. The predicted octanol–water partition coefficient (Wildman–Crippen LogP) is 3.58. The summed E-state index contributed by atoms with van der Waals surface area (Å²) >= 11 is 5.80. The lowest BCUT2D eigenvalue weighted by Gasteiger charge is -2.19. The second-order valence-electron chi connectivity index (χ2n) is 4.68. The van der Waals surface area contributed by atoms with Gasteiger partial charge in [0.2, 0.25) is 0 Å². The van der Waals surface area contributed by atoms with Crippen LogP contribution in [0.4, 0.5) is 4.39 Å². The highest BCUT2D eigenvalue weighted by molar-refractivity contribution is 6.30. The second-order valence-corrected chi connectivity index (χ2v) is 5.12. The van der Waals surface area contributed by atoms with Gasteiger partial charge in [0.15, 0.2) is 0 Å². The lowest BCUT2D eigenvalue weighted by Crippen LogP contribution is -2.29. The molecule has 3 nitrogen and oxygen atoms in total. The average molecular weight is 302 g/mol. The summed E-state index contributed by atoms with van der Waals surface area (Å²) < 4.78 is 14.2. The number of nitrogens with zero attached hydrogens (tertiary/aromatic N) is 1. The van der Waals surface area contributed by atoms with Crippen molar-refractivity contribution in [2.45, 2.75) is 6.04 Å². The lowest BCUT2D eigenvalue weighted by molar-refractivity contribution is 0.562. The van der Waals surface area contributed by atoms with Gasteiger partial charge in [0.25, 0.3) is 0 Å². The summed E-state index contributed by atoms with van der Waals surface area (Å²) in [7, 11) is 0. The Balaban J connectivity index is 2.18. The van der Waals surface area contributed by atoms with E-state index in [1.54, 1.807) is 18.3 Å². The SMILES string of the molecule is NNC(c1ccc(Cl)cc1F)c1ccnc2ccccc12. The standard InChI is InChI=1S/C16H13ClFN3/c17-10-5-6-13(14(18)9-10)16(21-19)12-7-8-20-15-4-2-1-3-11(12)15/h1-9,16,21H,19H2. The molecule has 3 aromatic rings. The second kappa shape index (κ2) is 5.77. The molecule has 106 valence electrons. The molecular formula is C16H13ClFN3. The van der Waals surface area contributed by atoms with Crippen LogP contribution in [0.1, 0.15) is 17.2 Å². The van der Waals surface area contributed by atoms with E-state index in [1.807, 2.05) is 30.3 Å². The molecule has 21 heavy (non-hydrogen) atoms. The van der Waals surface area contributed by atoms with Gasteiger partial charge in [-0.2, -0.15) is 0 Å². The van der Waals surface area contributed by atoms with Gasteiger partial charge in [-0.3, -0.25) is 10.8 Å². The van der Waals surface area contributed by atoms with Gasteiger partial charge in [-0.15, -0.1) is 0 Å². The van der Waals surface area contributed by atoms with Crippen molar-refractivity contribution in [3.8, 4) is 0 Å². The zero-order valence-electron chi connectivity index (χ0n) is 11.1. The Morgan fingerprint density at radius 1 is 1.10 bits per heavy atom. The van der Waals surface area contributed by atoms with Crippen LogP contribution in [0.15, 0.2) is 54.7 Å². The van der Waals surface area contributed by atoms with Crippen molar-refractivity contribution in [1.82, 2.24) is 10.4 Å². The molecule has 1 atom stereocenters. The Hall–Kier alpha value is -2.01. The number of hydrogen-bond acceptors (Lipinski definition) is 3. The first-order valence-electron chi connectivity index (χ1n) is 6.45. The number of nitrogens with two attached hydrogens (primary N) is 1. The fourth-order valence-corrected chi connectivity index (χ4v) is 2.61. The summed E-state index contributed by atoms with van der Waals surface area (Å²) in [4.78, 5) is 4.31. The fourth-order valence-electron chi connectivity index (χ4n) is 2.45. The Bertz CT molecular complexity index is 786. The highest BCUT2D eigenvalue weighted by atomic mass is 35.5. The number of hydrogen-bond donors (Lipinski definition) is 2. The van der Waals surface area contributed by atoms with E-state index in [1.165, 1.54) is 6.07 Å². The third kappa shape index (κ3) is 2.61. The summed E-state index contributed by atoms with van der Waals surface area (Å²) in [5.41, 5.74) is 4.82. The molecule has 0 fully saturated rings. The molecule has 0 radical (unpaired) electrons. The maximum Gasteiger partial charge on any atom is 0.129 e. The highest BCUT2D eigenvalue weighted by Gasteiger charge is 2.19. The van der Waals surface area contributed by atoms with Crippen molar-refractivity contribution in [3.63, 3.8) is 0 Å². The molecular weight excluding hydrogens is 289 g/mol. The third-order valence-corrected chi connectivity index (χ3v) is 3.67. The van der Waals surface area contributed by atoms with Gasteiger partial charge in [0.1, 0.15) is 5.82 Å². The molecule has 2 aromatic carbocycles. The van der Waals surface area contributed by atoms with E-state index >= 15 is 0 Å². The van der Waals surface area contributed by atoms with Crippen LogP contribution in [0.25, 0.3) is 10.9 Å². The molecule has 0 aliphatic heterocycles. The van der Waals surface area contributed by atoms with Gasteiger partial charge >= 0.3 is 0 Å². The summed E-state index contributed by atoms with van der Waals surface area (Å²) in [6, 6.07) is 13.6. The Morgan fingerprint density at radius 2 is 1.90 bits per heavy atom. The van der Waals surface area contributed by atoms with Crippen LogP contribution in [-0.2, 0) is 0 Å². The summed E-state index contributed by atoms with van der Waals surface area (Å²) in [6.07, 6.45) is 1.69. The molecule has 3 N–H and O–H groups in total. The van der Waals surface area contributed by atoms with Gasteiger partial charge in [0.05, 0.1) is 11.6 Å². The number of nitrogens with one attached hydrogen (secondary N) is 1. The van der Waals surface area contributed by atoms with Gasteiger partial charge in [-0.1, -0.05) is 35.9 Å².